The van der Waals surface area contributed by atoms with Gasteiger partial charge in [0.15, 0.2) is 0 Å². The van der Waals surface area contributed by atoms with Crippen LogP contribution in [0, 0.1) is 5.92 Å². The second kappa shape index (κ2) is 8.52. The zero-order valence-corrected chi connectivity index (χ0v) is 14.4. The quantitative estimate of drug-likeness (QED) is 0.844. The number of carboxylic acid groups (broad SMARTS) is 1. The summed E-state index contributed by atoms with van der Waals surface area (Å²) in [6, 6.07) is 21.1. The molecule has 0 spiro atoms. The molecule has 1 unspecified atom stereocenters. The number of hydrogen-bond acceptors (Lipinski definition) is 2. The first-order valence-electron chi connectivity index (χ1n) is 8.97. The topological polar surface area (TPSA) is 40.5 Å². The van der Waals surface area contributed by atoms with Crippen LogP contribution in [0.15, 0.2) is 72.9 Å². The van der Waals surface area contributed by atoms with E-state index in [1.165, 1.54) is 11.1 Å². The van der Waals surface area contributed by atoms with Crippen LogP contribution in [0.4, 0.5) is 0 Å². The maximum Gasteiger partial charge on any atom is 0.308 e. The number of carbonyl (C=O) groups is 1. The lowest BCUT2D eigenvalue weighted by Gasteiger charge is -2.29. The summed E-state index contributed by atoms with van der Waals surface area (Å²) in [5, 5.41) is 9.22. The molecule has 0 radical (unpaired) electrons. The molecule has 25 heavy (non-hydrogen) atoms. The van der Waals surface area contributed by atoms with Crippen molar-refractivity contribution >= 4 is 5.97 Å². The molecule has 0 amide bonds. The lowest BCUT2D eigenvalue weighted by atomic mass is 9.88. The Hall–Kier alpha value is -2.55. The SMILES string of the molecule is O=C(O)C1CCCN(C=CCC(c2ccccc2)c2ccccc2)C1. The Morgan fingerprint density at radius 2 is 1.68 bits per heavy atom. The summed E-state index contributed by atoms with van der Waals surface area (Å²) in [7, 11) is 0. The van der Waals surface area contributed by atoms with E-state index in [9.17, 15) is 9.90 Å². The maximum atomic E-state index is 11.2. The lowest BCUT2D eigenvalue weighted by Crippen LogP contribution is -2.35. The number of carboxylic acids is 1. The molecule has 1 heterocycles. The number of hydrogen-bond donors (Lipinski definition) is 1. The summed E-state index contributed by atoms with van der Waals surface area (Å²) in [6.45, 7) is 1.56. The molecule has 0 aliphatic carbocycles. The van der Waals surface area contributed by atoms with Gasteiger partial charge in [0.2, 0.25) is 0 Å². The minimum absolute atomic E-state index is 0.238. The van der Waals surface area contributed by atoms with Crippen LogP contribution in [0.1, 0.15) is 36.3 Å². The van der Waals surface area contributed by atoms with Gasteiger partial charge < -0.3 is 10.0 Å². The van der Waals surface area contributed by atoms with Crippen molar-refractivity contribution in [3.63, 3.8) is 0 Å². The fraction of sp³-hybridized carbons (Fsp3) is 0.318. The first kappa shape index (κ1) is 17.3. The molecule has 3 rings (SSSR count). The molecule has 1 aliphatic heterocycles. The number of aliphatic carboxylic acids is 1. The number of allylic oxidation sites excluding steroid dienone is 1. The van der Waals surface area contributed by atoms with Gasteiger partial charge in [0.1, 0.15) is 0 Å². The minimum atomic E-state index is -0.676. The van der Waals surface area contributed by atoms with Crippen LogP contribution in [0.3, 0.4) is 0 Å². The zero-order valence-electron chi connectivity index (χ0n) is 14.4. The molecule has 0 bridgehead atoms. The van der Waals surface area contributed by atoms with Crippen LogP contribution in [-0.2, 0) is 4.79 Å². The van der Waals surface area contributed by atoms with E-state index in [1.54, 1.807) is 0 Å². The van der Waals surface area contributed by atoms with Crippen LogP contribution in [0.2, 0.25) is 0 Å². The van der Waals surface area contributed by atoms with E-state index in [2.05, 4.69) is 65.7 Å². The largest absolute Gasteiger partial charge is 0.481 e. The normalized spacial score (nSPS) is 18.0. The molecule has 1 saturated heterocycles. The Morgan fingerprint density at radius 3 is 2.24 bits per heavy atom. The fourth-order valence-electron chi connectivity index (χ4n) is 3.52. The van der Waals surface area contributed by atoms with Gasteiger partial charge in [-0.15, -0.1) is 0 Å². The molecule has 1 atom stereocenters. The Morgan fingerprint density at radius 1 is 1.08 bits per heavy atom. The molecule has 3 heteroatoms. The Labute approximate surface area is 149 Å². The molecule has 1 N–H and O–H groups in total. The van der Waals surface area contributed by atoms with Crippen molar-refractivity contribution < 1.29 is 9.90 Å². The number of rotatable bonds is 6. The van der Waals surface area contributed by atoms with E-state index < -0.39 is 5.97 Å². The highest BCUT2D eigenvalue weighted by Crippen LogP contribution is 2.28. The summed E-state index contributed by atoms with van der Waals surface area (Å²) in [6.07, 6.45) is 6.92. The maximum absolute atomic E-state index is 11.2. The summed E-state index contributed by atoms with van der Waals surface area (Å²) < 4.78 is 0. The van der Waals surface area contributed by atoms with E-state index in [-0.39, 0.29) is 5.92 Å². The van der Waals surface area contributed by atoms with Gasteiger partial charge in [-0.25, -0.2) is 0 Å². The van der Waals surface area contributed by atoms with Gasteiger partial charge in [-0.1, -0.05) is 66.7 Å². The number of benzene rings is 2. The third-order valence-corrected chi connectivity index (χ3v) is 4.89. The van der Waals surface area contributed by atoms with Gasteiger partial charge in [-0.05, 0) is 36.6 Å². The molecular weight excluding hydrogens is 310 g/mol. The molecule has 130 valence electrons. The van der Waals surface area contributed by atoms with Crippen LogP contribution in [0.5, 0.6) is 0 Å². The van der Waals surface area contributed by atoms with E-state index in [0.29, 0.717) is 12.5 Å². The fourth-order valence-corrected chi connectivity index (χ4v) is 3.52. The summed E-state index contributed by atoms with van der Waals surface area (Å²) in [5.41, 5.74) is 2.61. The van der Waals surface area contributed by atoms with Crippen molar-refractivity contribution in [1.82, 2.24) is 4.90 Å². The molecule has 2 aromatic carbocycles. The highest BCUT2D eigenvalue weighted by Gasteiger charge is 2.23. The molecule has 3 nitrogen and oxygen atoms in total. The van der Waals surface area contributed by atoms with Crippen molar-refractivity contribution in [2.24, 2.45) is 5.92 Å². The molecule has 1 aliphatic rings. The standard InChI is InChI=1S/C22H25NO2/c24-22(25)20-13-7-15-23(17-20)16-8-14-21(18-9-3-1-4-10-18)19-11-5-2-6-12-19/h1-6,8-12,16,20-21H,7,13-15,17H2,(H,24,25). The van der Waals surface area contributed by atoms with E-state index >= 15 is 0 Å². The Kier molecular flexibility index (Phi) is 5.89. The van der Waals surface area contributed by atoms with Gasteiger partial charge in [0, 0.05) is 19.0 Å². The zero-order chi connectivity index (χ0) is 17.5. The number of likely N-dealkylation sites (tertiary alicyclic amines) is 1. The first-order valence-corrected chi connectivity index (χ1v) is 8.97. The monoisotopic (exact) mass is 335 g/mol. The highest BCUT2D eigenvalue weighted by molar-refractivity contribution is 5.70. The first-order chi connectivity index (χ1) is 12.2. The van der Waals surface area contributed by atoms with Crippen molar-refractivity contribution in [3.8, 4) is 0 Å². The predicted octanol–water partition coefficient (Wildman–Crippen LogP) is 4.52. The number of nitrogens with zero attached hydrogens (tertiary/aromatic N) is 1. The van der Waals surface area contributed by atoms with Gasteiger partial charge in [0.25, 0.3) is 0 Å². The third kappa shape index (κ3) is 4.72. The molecule has 1 fully saturated rings. The molecule has 0 aromatic heterocycles. The summed E-state index contributed by atoms with van der Waals surface area (Å²) >= 11 is 0. The van der Waals surface area contributed by atoms with Gasteiger partial charge in [0.05, 0.1) is 5.92 Å². The van der Waals surface area contributed by atoms with Crippen LogP contribution < -0.4 is 0 Å². The van der Waals surface area contributed by atoms with Gasteiger partial charge in [-0.2, -0.15) is 0 Å². The summed E-state index contributed by atoms with van der Waals surface area (Å²) in [4.78, 5) is 13.3. The molecule has 0 saturated carbocycles. The second-order valence-electron chi connectivity index (χ2n) is 6.67. The Bertz CT molecular complexity index is 657. The van der Waals surface area contributed by atoms with E-state index in [0.717, 1.165) is 25.8 Å². The van der Waals surface area contributed by atoms with Crippen LogP contribution in [-0.4, -0.2) is 29.1 Å². The highest BCUT2D eigenvalue weighted by atomic mass is 16.4. The van der Waals surface area contributed by atoms with Crippen LogP contribution in [0.25, 0.3) is 0 Å². The minimum Gasteiger partial charge on any atom is -0.481 e. The molecule has 2 aromatic rings. The molecular formula is C22H25NO2. The van der Waals surface area contributed by atoms with E-state index in [4.69, 9.17) is 0 Å². The van der Waals surface area contributed by atoms with Crippen molar-refractivity contribution in [2.45, 2.75) is 25.2 Å². The average molecular weight is 335 g/mol. The van der Waals surface area contributed by atoms with Crippen molar-refractivity contribution in [2.75, 3.05) is 13.1 Å². The lowest BCUT2D eigenvalue weighted by molar-refractivity contribution is -0.143. The van der Waals surface area contributed by atoms with Gasteiger partial charge >= 0.3 is 5.97 Å². The average Bonchev–Trinajstić information content (AvgIpc) is 2.67. The third-order valence-electron chi connectivity index (χ3n) is 4.89. The van der Waals surface area contributed by atoms with E-state index in [1.807, 2.05) is 12.1 Å². The Balaban J connectivity index is 1.70. The smallest absolute Gasteiger partial charge is 0.308 e. The second-order valence-corrected chi connectivity index (χ2v) is 6.67. The van der Waals surface area contributed by atoms with Crippen molar-refractivity contribution in [3.05, 3.63) is 84.1 Å². The van der Waals surface area contributed by atoms with Crippen LogP contribution >= 0.6 is 0 Å². The van der Waals surface area contributed by atoms with Crippen molar-refractivity contribution in [1.29, 1.82) is 0 Å². The predicted molar refractivity (Wildman–Crippen MR) is 100 cm³/mol. The summed E-state index contributed by atoms with van der Waals surface area (Å²) in [5.74, 6) is -0.597. The number of piperidine rings is 1. The van der Waals surface area contributed by atoms with Gasteiger partial charge in [-0.3, -0.25) is 4.79 Å².